The fraction of sp³-hybridized carbons (Fsp3) is 0.562. The molecule has 1 heterocycles. The van der Waals surface area contributed by atoms with E-state index in [1.54, 1.807) is 30.2 Å². The zero-order valence-corrected chi connectivity index (χ0v) is 13.7. The Morgan fingerprint density at radius 1 is 1.43 bits per heavy atom. The van der Waals surface area contributed by atoms with Gasteiger partial charge in [-0.15, -0.1) is 0 Å². The van der Waals surface area contributed by atoms with Crippen LogP contribution < -0.4 is 4.74 Å². The van der Waals surface area contributed by atoms with Crippen molar-refractivity contribution in [3.63, 3.8) is 0 Å². The number of methoxy groups -OCH3 is 1. The van der Waals surface area contributed by atoms with Crippen molar-refractivity contribution in [2.75, 3.05) is 26.8 Å². The van der Waals surface area contributed by atoms with Crippen molar-refractivity contribution in [2.45, 2.75) is 26.9 Å². The van der Waals surface area contributed by atoms with E-state index in [1.807, 2.05) is 13.8 Å². The number of benzene rings is 1. The molecule has 1 aliphatic rings. The predicted molar refractivity (Wildman–Crippen MR) is 83.1 cm³/mol. The summed E-state index contributed by atoms with van der Waals surface area (Å²) in [4.78, 5) is 14.2. The normalized spacial score (nSPS) is 16.8. The molecule has 1 aliphatic heterocycles. The minimum absolute atomic E-state index is 0.0373. The molecule has 0 aliphatic carbocycles. The van der Waals surface area contributed by atoms with Gasteiger partial charge in [0.05, 0.1) is 23.3 Å². The molecule has 0 aromatic heterocycles. The van der Waals surface area contributed by atoms with Crippen LogP contribution in [0.5, 0.6) is 5.75 Å². The summed E-state index contributed by atoms with van der Waals surface area (Å²) in [5, 5.41) is 0.429. The molecule has 1 saturated heterocycles. The highest BCUT2D eigenvalue weighted by Gasteiger charge is 2.41. The smallest absolute Gasteiger partial charge is 0.255 e. The molecule has 1 aromatic rings. The van der Waals surface area contributed by atoms with E-state index in [2.05, 4.69) is 6.92 Å². The number of amides is 1. The SMILES string of the molecule is COCC1(C)CN(C(=O)c2ccc(OC(C)C)cc2Cl)C1. The summed E-state index contributed by atoms with van der Waals surface area (Å²) in [7, 11) is 1.68. The van der Waals surface area contributed by atoms with Crippen LogP contribution in [0.1, 0.15) is 31.1 Å². The zero-order chi connectivity index (χ0) is 15.6. The van der Waals surface area contributed by atoms with Crippen LogP contribution in [0, 0.1) is 5.41 Å². The molecular formula is C16H22ClNO3. The van der Waals surface area contributed by atoms with Gasteiger partial charge >= 0.3 is 0 Å². The second-order valence-corrected chi connectivity index (χ2v) is 6.62. The molecule has 4 nitrogen and oxygen atoms in total. The maximum atomic E-state index is 12.4. The number of likely N-dealkylation sites (tertiary alicyclic amines) is 1. The van der Waals surface area contributed by atoms with Crippen LogP contribution >= 0.6 is 11.6 Å². The molecule has 0 bridgehead atoms. The number of nitrogens with zero attached hydrogens (tertiary/aromatic N) is 1. The Hall–Kier alpha value is -1.26. The average Bonchev–Trinajstić information content (AvgIpc) is 2.34. The summed E-state index contributed by atoms with van der Waals surface area (Å²) < 4.78 is 10.7. The number of carbonyl (C=O) groups excluding carboxylic acids is 1. The Balaban J connectivity index is 2.04. The Kier molecular flexibility index (Phi) is 4.79. The summed E-state index contributed by atoms with van der Waals surface area (Å²) in [5.74, 6) is 0.643. The lowest BCUT2D eigenvalue weighted by Crippen LogP contribution is -2.58. The quantitative estimate of drug-likeness (QED) is 0.838. The zero-order valence-electron chi connectivity index (χ0n) is 13.0. The highest BCUT2D eigenvalue weighted by molar-refractivity contribution is 6.34. The Morgan fingerprint density at radius 3 is 2.62 bits per heavy atom. The van der Waals surface area contributed by atoms with Crippen molar-refractivity contribution >= 4 is 17.5 Å². The fourth-order valence-corrected chi connectivity index (χ4v) is 2.90. The van der Waals surface area contributed by atoms with Crippen molar-refractivity contribution in [1.82, 2.24) is 4.90 Å². The monoisotopic (exact) mass is 311 g/mol. The topological polar surface area (TPSA) is 38.8 Å². The number of halogens is 1. The molecular weight excluding hydrogens is 290 g/mol. The largest absolute Gasteiger partial charge is 0.491 e. The van der Waals surface area contributed by atoms with E-state index >= 15 is 0 Å². The lowest BCUT2D eigenvalue weighted by atomic mass is 9.82. The van der Waals surface area contributed by atoms with Gasteiger partial charge in [-0.2, -0.15) is 0 Å². The van der Waals surface area contributed by atoms with Crippen LogP contribution in [0.2, 0.25) is 5.02 Å². The van der Waals surface area contributed by atoms with Gasteiger partial charge in [0.15, 0.2) is 0 Å². The van der Waals surface area contributed by atoms with E-state index in [-0.39, 0.29) is 17.4 Å². The lowest BCUT2D eigenvalue weighted by Gasteiger charge is -2.47. The maximum Gasteiger partial charge on any atom is 0.255 e. The van der Waals surface area contributed by atoms with Crippen LogP contribution in [-0.4, -0.2) is 43.7 Å². The molecule has 0 radical (unpaired) electrons. The third-order valence-electron chi connectivity index (χ3n) is 3.47. The highest BCUT2D eigenvalue weighted by Crippen LogP contribution is 2.33. The molecule has 0 atom stereocenters. The van der Waals surface area contributed by atoms with Crippen molar-refractivity contribution in [2.24, 2.45) is 5.41 Å². The van der Waals surface area contributed by atoms with Gasteiger partial charge in [0.25, 0.3) is 5.91 Å². The number of carbonyl (C=O) groups is 1. The lowest BCUT2D eigenvalue weighted by molar-refractivity contribution is -0.0279. The first-order valence-corrected chi connectivity index (χ1v) is 7.47. The first-order chi connectivity index (χ1) is 9.84. The van der Waals surface area contributed by atoms with Crippen LogP contribution in [0.3, 0.4) is 0 Å². The molecule has 1 amide bonds. The molecule has 0 spiro atoms. The number of hydrogen-bond acceptors (Lipinski definition) is 3. The Labute approximate surface area is 131 Å². The van der Waals surface area contributed by atoms with Gasteiger partial charge in [0.1, 0.15) is 5.75 Å². The molecule has 5 heteroatoms. The van der Waals surface area contributed by atoms with Gasteiger partial charge in [0.2, 0.25) is 0 Å². The number of hydrogen-bond donors (Lipinski definition) is 0. The molecule has 0 unspecified atom stereocenters. The van der Waals surface area contributed by atoms with E-state index < -0.39 is 0 Å². The molecule has 2 rings (SSSR count). The van der Waals surface area contributed by atoms with Crippen LogP contribution in [0.15, 0.2) is 18.2 Å². The Bertz CT molecular complexity index is 524. The number of ether oxygens (including phenoxy) is 2. The van der Waals surface area contributed by atoms with Crippen LogP contribution in [-0.2, 0) is 4.74 Å². The second-order valence-electron chi connectivity index (χ2n) is 6.21. The van der Waals surface area contributed by atoms with Gasteiger partial charge in [-0.05, 0) is 32.0 Å². The summed E-state index contributed by atoms with van der Waals surface area (Å²) in [6.07, 6.45) is 0.0766. The minimum atomic E-state index is -0.0373. The van der Waals surface area contributed by atoms with Gasteiger partial charge < -0.3 is 14.4 Å². The van der Waals surface area contributed by atoms with E-state index in [0.29, 0.717) is 36.0 Å². The van der Waals surface area contributed by atoms with Gasteiger partial charge in [-0.25, -0.2) is 0 Å². The summed E-state index contributed by atoms with van der Waals surface area (Å²) in [5.41, 5.74) is 0.574. The first kappa shape index (κ1) is 16.1. The maximum absolute atomic E-state index is 12.4. The third-order valence-corrected chi connectivity index (χ3v) is 3.78. The van der Waals surface area contributed by atoms with E-state index in [1.165, 1.54) is 0 Å². The molecule has 0 saturated carbocycles. The van der Waals surface area contributed by atoms with Crippen LogP contribution in [0.4, 0.5) is 0 Å². The van der Waals surface area contributed by atoms with E-state index in [9.17, 15) is 4.79 Å². The van der Waals surface area contributed by atoms with Crippen molar-refractivity contribution in [1.29, 1.82) is 0 Å². The summed E-state index contributed by atoms with van der Waals surface area (Å²) in [6.45, 7) is 8.06. The van der Waals surface area contributed by atoms with Crippen molar-refractivity contribution < 1.29 is 14.3 Å². The summed E-state index contributed by atoms with van der Waals surface area (Å²) in [6, 6.07) is 5.21. The Morgan fingerprint density at radius 2 is 2.10 bits per heavy atom. The van der Waals surface area contributed by atoms with E-state index in [0.717, 1.165) is 0 Å². The molecule has 116 valence electrons. The third kappa shape index (κ3) is 3.69. The van der Waals surface area contributed by atoms with Gasteiger partial charge in [-0.3, -0.25) is 4.79 Å². The van der Waals surface area contributed by atoms with E-state index in [4.69, 9.17) is 21.1 Å². The molecule has 1 fully saturated rings. The van der Waals surface area contributed by atoms with Crippen molar-refractivity contribution in [3.8, 4) is 5.75 Å². The second kappa shape index (κ2) is 6.24. The predicted octanol–water partition coefficient (Wildman–Crippen LogP) is 3.24. The number of rotatable bonds is 5. The van der Waals surface area contributed by atoms with Gasteiger partial charge in [0, 0.05) is 25.6 Å². The summed E-state index contributed by atoms with van der Waals surface area (Å²) >= 11 is 6.21. The molecule has 1 aromatic carbocycles. The standard InChI is InChI=1S/C16H22ClNO3/c1-11(2)21-12-5-6-13(14(17)7-12)15(19)18-8-16(3,9-18)10-20-4/h5-7,11H,8-10H2,1-4H3. The molecule has 21 heavy (non-hydrogen) atoms. The molecule has 0 N–H and O–H groups in total. The fourth-order valence-electron chi connectivity index (χ4n) is 2.64. The first-order valence-electron chi connectivity index (χ1n) is 7.09. The van der Waals surface area contributed by atoms with Gasteiger partial charge in [-0.1, -0.05) is 18.5 Å². The van der Waals surface area contributed by atoms with Crippen LogP contribution in [0.25, 0.3) is 0 Å². The average molecular weight is 312 g/mol. The minimum Gasteiger partial charge on any atom is -0.491 e. The highest BCUT2D eigenvalue weighted by atomic mass is 35.5. The van der Waals surface area contributed by atoms with Crippen molar-refractivity contribution in [3.05, 3.63) is 28.8 Å².